The third-order valence-electron chi connectivity index (χ3n) is 3.39. The molecule has 0 radical (unpaired) electrons. The van der Waals surface area contributed by atoms with E-state index in [9.17, 15) is 9.59 Å². The first kappa shape index (κ1) is 14.3. The number of likely N-dealkylation sites (N-methyl/N-ethyl adjacent to an activating group) is 1. The van der Waals surface area contributed by atoms with Gasteiger partial charge in [0.25, 0.3) is 5.91 Å². The molecule has 0 saturated heterocycles. The Morgan fingerprint density at radius 3 is 2.30 bits per heavy atom. The minimum Gasteiger partial charge on any atom is -0.321 e. The Kier molecular flexibility index (Phi) is 3.66. The molecule has 4 heteroatoms. The van der Waals surface area contributed by atoms with Gasteiger partial charge in [-0.3, -0.25) is 14.5 Å². The summed E-state index contributed by atoms with van der Waals surface area (Å²) in [5.74, 6) is -0.178. The molecule has 0 aromatic heterocycles. The zero-order valence-electron chi connectivity index (χ0n) is 12.3. The van der Waals surface area contributed by atoms with E-state index >= 15 is 0 Å². The number of nitrogens with zero attached hydrogens (tertiary/aromatic N) is 2. The highest BCUT2D eigenvalue weighted by Crippen LogP contribution is 2.30. The predicted octanol–water partition coefficient (Wildman–Crippen LogP) is 2.49. The van der Waals surface area contributed by atoms with Gasteiger partial charge in [-0.15, -0.1) is 0 Å². The van der Waals surface area contributed by atoms with E-state index in [0.29, 0.717) is 5.56 Å². The molecule has 2 amide bonds. The van der Waals surface area contributed by atoms with Crippen molar-refractivity contribution in [2.75, 3.05) is 7.05 Å². The lowest BCUT2D eigenvalue weighted by atomic mass is 9.89. The lowest BCUT2D eigenvalue weighted by Gasteiger charge is -2.45. The van der Waals surface area contributed by atoms with Gasteiger partial charge in [-0.25, -0.2) is 0 Å². The van der Waals surface area contributed by atoms with Gasteiger partial charge in [0, 0.05) is 30.3 Å². The van der Waals surface area contributed by atoms with E-state index in [1.54, 1.807) is 35.2 Å². The quantitative estimate of drug-likeness (QED) is 0.788. The molecule has 0 bridgehead atoms. The van der Waals surface area contributed by atoms with Crippen LogP contribution in [0.5, 0.6) is 0 Å². The number of carbonyl (C=O) groups is 2. The van der Waals surface area contributed by atoms with Crippen molar-refractivity contribution in [1.82, 2.24) is 9.80 Å². The lowest BCUT2D eigenvalue weighted by Crippen LogP contribution is -2.57. The Labute approximate surface area is 119 Å². The van der Waals surface area contributed by atoms with Gasteiger partial charge < -0.3 is 4.90 Å². The Morgan fingerprint density at radius 2 is 1.75 bits per heavy atom. The van der Waals surface area contributed by atoms with Gasteiger partial charge in [0.2, 0.25) is 5.91 Å². The van der Waals surface area contributed by atoms with Crippen LogP contribution in [0.3, 0.4) is 0 Å². The number of hydrogen-bond acceptors (Lipinski definition) is 2. The fraction of sp³-hybridized carbons (Fsp3) is 0.375. The zero-order valence-corrected chi connectivity index (χ0v) is 12.3. The van der Waals surface area contributed by atoms with Crippen LogP contribution in [0.1, 0.15) is 31.1 Å². The molecule has 0 saturated carbocycles. The average Bonchev–Trinajstić information content (AvgIpc) is 2.40. The van der Waals surface area contributed by atoms with E-state index in [0.717, 1.165) is 0 Å². The normalized spacial score (nSPS) is 19.4. The van der Waals surface area contributed by atoms with Crippen LogP contribution in [0.4, 0.5) is 0 Å². The Bertz CT molecular complexity index is 543. The molecule has 1 aliphatic heterocycles. The van der Waals surface area contributed by atoms with Crippen molar-refractivity contribution in [2.45, 2.75) is 26.9 Å². The van der Waals surface area contributed by atoms with Crippen molar-refractivity contribution < 1.29 is 9.59 Å². The molecule has 0 spiro atoms. The van der Waals surface area contributed by atoms with Crippen molar-refractivity contribution in [3.05, 3.63) is 48.2 Å². The SMILES string of the molecule is CN1C(=O)C=CN(C(=O)c2ccccc2)[C@H]1C(C)(C)C. The summed E-state index contributed by atoms with van der Waals surface area (Å²) in [7, 11) is 1.73. The maximum Gasteiger partial charge on any atom is 0.259 e. The summed E-state index contributed by atoms with van der Waals surface area (Å²) in [5, 5.41) is 0. The first-order chi connectivity index (χ1) is 9.32. The Balaban J connectivity index is 2.40. The minimum atomic E-state index is -0.298. The predicted molar refractivity (Wildman–Crippen MR) is 77.8 cm³/mol. The van der Waals surface area contributed by atoms with Crippen molar-refractivity contribution in [3.8, 4) is 0 Å². The second-order valence-electron chi connectivity index (χ2n) is 6.08. The summed E-state index contributed by atoms with van der Waals surface area (Å²) in [6.07, 6.45) is 2.73. The fourth-order valence-corrected chi connectivity index (χ4v) is 2.56. The first-order valence-corrected chi connectivity index (χ1v) is 6.65. The van der Waals surface area contributed by atoms with E-state index in [2.05, 4.69) is 0 Å². The molecule has 0 fully saturated rings. The molecule has 1 aliphatic rings. The number of hydrogen-bond donors (Lipinski definition) is 0. The maximum atomic E-state index is 12.6. The van der Waals surface area contributed by atoms with Gasteiger partial charge in [-0.1, -0.05) is 39.0 Å². The molecule has 1 atom stereocenters. The summed E-state index contributed by atoms with van der Waals surface area (Å²) in [4.78, 5) is 27.8. The van der Waals surface area contributed by atoms with Gasteiger partial charge in [0.1, 0.15) is 6.17 Å². The first-order valence-electron chi connectivity index (χ1n) is 6.65. The fourth-order valence-electron chi connectivity index (χ4n) is 2.56. The molecule has 2 rings (SSSR count). The van der Waals surface area contributed by atoms with Crippen LogP contribution in [-0.4, -0.2) is 34.8 Å². The standard InChI is InChI=1S/C16H20N2O2/c1-16(2,3)15-17(4)13(19)10-11-18(15)14(20)12-8-6-5-7-9-12/h5-11,15H,1-4H3/t15-/m0/s1. The van der Waals surface area contributed by atoms with Gasteiger partial charge in [0.15, 0.2) is 0 Å². The second-order valence-corrected chi connectivity index (χ2v) is 6.08. The molecule has 0 aliphatic carbocycles. The van der Waals surface area contributed by atoms with Crippen LogP contribution < -0.4 is 0 Å². The van der Waals surface area contributed by atoms with Crippen molar-refractivity contribution in [1.29, 1.82) is 0 Å². The molecular formula is C16H20N2O2. The van der Waals surface area contributed by atoms with E-state index in [-0.39, 0.29) is 23.4 Å². The van der Waals surface area contributed by atoms with E-state index in [4.69, 9.17) is 0 Å². The van der Waals surface area contributed by atoms with Gasteiger partial charge in [-0.05, 0) is 12.1 Å². The van der Waals surface area contributed by atoms with Crippen LogP contribution in [0.2, 0.25) is 0 Å². The zero-order chi connectivity index (χ0) is 14.9. The largest absolute Gasteiger partial charge is 0.321 e. The van der Waals surface area contributed by atoms with Crippen LogP contribution in [0.15, 0.2) is 42.6 Å². The minimum absolute atomic E-state index is 0.0814. The number of amides is 2. The smallest absolute Gasteiger partial charge is 0.259 e. The summed E-state index contributed by atoms with van der Waals surface area (Å²) < 4.78 is 0. The van der Waals surface area contributed by atoms with Crippen LogP contribution >= 0.6 is 0 Å². The molecule has 20 heavy (non-hydrogen) atoms. The summed E-state index contributed by atoms with van der Waals surface area (Å²) in [6.45, 7) is 6.06. The lowest BCUT2D eigenvalue weighted by molar-refractivity contribution is -0.134. The second kappa shape index (κ2) is 5.12. The topological polar surface area (TPSA) is 40.6 Å². The van der Waals surface area contributed by atoms with E-state index in [1.807, 2.05) is 39.0 Å². The summed E-state index contributed by atoms with van der Waals surface area (Å²) in [6, 6.07) is 9.11. The van der Waals surface area contributed by atoms with Crippen molar-refractivity contribution in [2.24, 2.45) is 5.41 Å². The molecule has 106 valence electrons. The maximum absolute atomic E-state index is 12.6. The molecule has 4 nitrogen and oxygen atoms in total. The number of rotatable bonds is 1. The third kappa shape index (κ3) is 2.59. The average molecular weight is 272 g/mol. The van der Waals surface area contributed by atoms with Crippen molar-refractivity contribution >= 4 is 11.8 Å². The number of benzene rings is 1. The Hall–Kier alpha value is -2.10. The van der Waals surface area contributed by atoms with Crippen LogP contribution in [0.25, 0.3) is 0 Å². The van der Waals surface area contributed by atoms with Crippen molar-refractivity contribution in [3.63, 3.8) is 0 Å². The highest BCUT2D eigenvalue weighted by atomic mass is 16.2. The van der Waals surface area contributed by atoms with Gasteiger partial charge in [0.05, 0.1) is 0 Å². The molecule has 1 aromatic carbocycles. The highest BCUT2D eigenvalue weighted by molar-refractivity contribution is 5.97. The van der Waals surface area contributed by atoms with Gasteiger partial charge >= 0.3 is 0 Å². The van der Waals surface area contributed by atoms with E-state index in [1.165, 1.54) is 6.08 Å². The monoisotopic (exact) mass is 272 g/mol. The van der Waals surface area contributed by atoms with Gasteiger partial charge in [-0.2, -0.15) is 0 Å². The Morgan fingerprint density at radius 1 is 1.15 bits per heavy atom. The van der Waals surface area contributed by atoms with E-state index < -0.39 is 0 Å². The summed E-state index contributed by atoms with van der Waals surface area (Å²) in [5.41, 5.74) is 0.383. The molecule has 1 heterocycles. The molecule has 1 aromatic rings. The highest BCUT2D eigenvalue weighted by Gasteiger charge is 2.39. The number of carbonyl (C=O) groups excluding carboxylic acids is 2. The molecule has 0 unspecified atom stereocenters. The van der Waals surface area contributed by atoms with Crippen LogP contribution in [-0.2, 0) is 4.79 Å². The summed E-state index contributed by atoms with van der Waals surface area (Å²) >= 11 is 0. The van der Waals surface area contributed by atoms with Crippen LogP contribution in [0, 0.1) is 5.41 Å². The third-order valence-corrected chi connectivity index (χ3v) is 3.39. The molecular weight excluding hydrogens is 252 g/mol. The molecule has 0 N–H and O–H groups in total.